The van der Waals surface area contributed by atoms with Crippen LogP contribution < -0.4 is 15.4 Å². The van der Waals surface area contributed by atoms with E-state index in [1.165, 1.54) is 0 Å². The topological polar surface area (TPSA) is 67.4 Å². The third-order valence-electron chi connectivity index (χ3n) is 3.81. The van der Waals surface area contributed by atoms with Crippen LogP contribution in [0.25, 0.3) is 0 Å². The van der Waals surface area contributed by atoms with Crippen LogP contribution in [0.15, 0.2) is 48.5 Å². The molecule has 0 aromatic heterocycles. The molecule has 5 nitrogen and oxygen atoms in total. The quantitative estimate of drug-likeness (QED) is 0.676. The van der Waals surface area contributed by atoms with Gasteiger partial charge in [-0.05, 0) is 48.9 Å². The Morgan fingerprint density at radius 3 is 2.11 bits per heavy atom. The molecule has 0 aliphatic heterocycles. The molecule has 0 atom stereocenters. The number of benzene rings is 2. The molecule has 150 valence electrons. The maximum absolute atomic E-state index is 12.5. The Morgan fingerprint density at radius 1 is 0.929 bits per heavy atom. The van der Waals surface area contributed by atoms with Crippen molar-refractivity contribution in [2.45, 2.75) is 19.5 Å². The van der Waals surface area contributed by atoms with Gasteiger partial charge in [0.05, 0.1) is 18.6 Å². The van der Waals surface area contributed by atoms with Crippen molar-refractivity contribution >= 4 is 11.8 Å². The number of ether oxygens (including phenoxy) is 1. The molecule has 0 heterocycles. The van der Waals surface area contributed by atoms with Gasteiger partial charge in [0.15, 0.2) is 0 Å². The highest BCUT2D eigenvalue weighted by atomic mass is 19.4. The zero-order valence-electron chi connectivity index (χ0n) is 15.3. The monoisotopic (exact) mass is 394 g/mol. The molecule has 2 rings (SSSR count). The lowest BCUT2D eigenvalue weighted by molar-refractivity contribution is -0.137. The van der Waals surface area contributed by atoms with Gasteiger partial charge in [0, 0.05) is 18.7 Å². The Morgan fingerprint density at radius 2 is 1.54 bits per heavy atom. The van der Waals surface area contributed by atoms with Crippen molar-refractivity contribution in [1.82, 2.24) is 10.6 Å². The third kappa shape index (κ3) is 6.61. The van der Waals surface area contributed by atoms with E-state index in [0.29, 0.717) is 6.61 Å². The van der Waals surface area contributed by atoms with E-state index in [1.807, 2.05) is 6.92 Å². The number of amides is 2. The fraction of sp³-hybridized carbons (Fsp3) is 0.300. The molecule has 0 saturated heterocycles. The van der Waals surface area contributed by atoms with E-state index < -0.39 is 17.6 Å². The molecule has 0 aliphatic rings. The van der Waals surface area contributed by atoms with E-state index in [4.69, 9.17) is 4.74 Å². The minimum atomic E-state index is -4.44. The van der Waals surface area contributed by atoms with Gasteiger partial charge >= 0.3 is 6.18 Å². The standard InChI is InChI=1S/C20H21F3N2O3/c1-2-28-17-9-3-14(4-10-17)13-18(26)24-11-12-25-19(27)15-5-7-16(8-6-15)20(21,22)23/h3-10H,2,11-13H2,1H3,(H,24,26)(H,25,27). The van der Waals surface area contributed by atoms with Gasteiger partial charge < -0.3 is 15.4 Å². The number of alkyl halides is 3. The van der Waals surface area contributed by atoms with E-state index in [2.05, 4.69) is 10.6 Å². The van der Waals surface area contributed by atoms with Crippen LogP contribution in [0.5, 0.6) is 5.75 Å². The summed E-state index contributed by atoms with van der Waals surface area (Å²) < 4.78 is 42.9. The van der Waals surface area contributed by atoms with Gasteiger partial charge in [0.25, 0.3) is 5.91 Å². The van der Waals surface area contributed by atoms with E-state index in [0.717, 1.165) is 35.6 Å². The van der Waals surface area contributed by atoms with Crippen LogP contribution in [0, 0.1) is 0 Å². The molecule has 2 aromatic carbocycles. The number of carbonyl (C=O) groups is 2. The second-order valence-electron chi connectivity index (χ2n) is 5.93. The molecule has 2 N–H and O–H groups in total. The average molecular weight is 394 g/mol. The molecule has 0 fully saturated rings. The summed E-state index contributed by atoms with van der Waals surface area (Å²) in [7, 11) is 0. The van der Waals surface area contributed by atoms with Crippen LogP contribution in [-0.4, -0.2) is 31.5 Å². The predicted molar refractivity (Wildman–Crippen MR) is 98.1 cm³/mol. The van der Waals surface area contributed by atoms with Crippen LogP contribution in [0.4, 0.5) is 13.2 Å². The summed E-state index contributed by atoms with van der Waals surface area (Å²) in [4.78, 5) is 23.8. The molecular formula is C20H21F3N2O3. The molecule has 0 radical (unpaired) electrons. The van der Waals surface area contributed by atoms with Crippen LogP contribution in [0.2, 0.25) is 0 Å². The zero-order chi connectivity index (χ0) is 20.6. The first-order valence-electron chi connectivity index (χ1n) is 8.73. The molecule has 0 aliphatic carbocycles. The molecule has 0 spiro atoms. The van der Waals surface area contributed by atoms with Crippen molar-refractivity contribution in [3.8, 4) is 5.75 Å². The van der Waals surface area contributed by atoms with Crippen LogP contribution >= 0.6 is 0 Å². The summed E-state index contributed by atoms with van der Waals surface area (Å²) in [5.41, 5.74) is 0.133. The summed E-state index contributed by atoms with van der Waals surface area (Å²) in [6, 6.07) is 11.1. The fourth-order valence-electron chi connectivity index (χ4n) is 2.41. The molecule has 0 unspecified atom stereocenters. The van der Waals surface area contributed by atoms with E-state index in [1.54, 1.807) is 24.3 Å². The van der Waals surface area contributed by atoms with Gasteiger partial charge in [0.2, 0.25) is 5.91 Å². The average Bonchev–Trinajstić information content (AvgIpc) is 2.66. The number of nitrogens with one attached hydrogen (secondary N) is 2. The van der Waals surface area contributed by atoms with Gasteiger partial charge in [-0.25, -0.2) is 0 Å². The van der Waals surface area contributed by atoms with Crippen molar-refractivity contribution in [3.05, 3.63) is 65.2 Å². The lowest BCUT2D eigenvalue weighted by atomic mass is 10.1. The SMILES string of the molecule is CCOc1ccc(CC(=O)NCCNC(=O)c2ccc(C(F)(F)F)cc2)cc1. The predicted octanol–water partition coefficient (Wildman–Crippen LogP) is 3.19. The summed E-state index contributed by atoms with van der Waals surface area (Å²) in [6.07, 6.45) is -4.25. The van der Waals surface area contributed by atoms with E-state index >= 15 is 0 Å². The zero-order valence-corrected chi connectivity index (χ0v) is 15.3. The number of rotatable bonds is 8. The molecule has 0 bridgehead atoms. The van der Waals surface area contributed by atoms with Crippen molar-refractivity contribution in [3.63, 3.8) is 0 Å². The van der Waals surface area contributed by atoms with Gasteiger partial charge in [-0.15, -0.1) is 0 Å². The first-order chi connectivity index (χ1) is 13.3. The van der Waals surface area contributed by atoms with Gasteiger partial charge in [0.1, 0.15) is 5.75 Å². The molecule has 2 aromatic rings. The Balaban J connectivity index is 1.71. The molecule has 2 amide bonds. The van der Waals surface area contributed by atoms with Crippen molar-refractivity contribution in [2.24, 2.45) is 0 Å². The van der Waals surface area contributed by atoms with Crippen LogP contribution in [0.1, 0.15) is 28.4 Å². The summed E-state index contributed by atoms with van der Waals surface area (Å²) >= 11 is 0. The first kappa shape index (κ1) is 21.3. The molecule has 8 heteroatoms. The minimum absolute atomic E-state index is 0.119. The molecule has 28 heavy (non-hydrogen) atoms. The Labute approximate surface area is 160 Å². The third-order valence-corrected chi connectivity index (χ3v) is 3.81. The van der Waals surface area contributed by atoms with E-state index in [-0.39, 0.29) is 31.0 Å². The maximum Gasteiger partial charge on any atom is 0.416 e. The smallest absolute Gasteiger partial charge is 0.416 e. The van der Waals surface area contributed by atoms with Gasteiger partial charge in [-0.3, -0.25) is 9.59 Å². The van der Waals surface area contributed by atoms with Crippen molar-refractivity contribution in [1.29, 1.82) is 0 Å². The summed E-state index contributed by atoms with van der Waals surface area (Å²) in [5.74, 6) is 0.0278. The number of hydrogen-bond acceptors (Lipinski definition) is 3. The highest BCUT2D eigenvalue weighted by Gasteiger charge is 2.30. The second kappa shape index (κ2) is 9.77. The Bertz CT molecular complexity index is 788. The number of hydrogen-bond donors (Lipinski definition) is 2. The van der Waals surface area contributed by atoms with E-state index in [9.17, 15) is 22.8 Å². The Kier molecular flexibility index (Phi) is 7.43. The lowest BCUT2D eigenvalue weighted by Crippen LogP contribution is -2.35. The minimum Gasteiger partial charge on any atom is -0.494 e. The molecular weight excluding hydrogens is 373 g/mol. The number of halogens is 3. The normalized spacial score (nSPS) is 11.0. The van der Waals surface area contributed by atoms with Gasteiger partial charge in [-0.2, -0.15) is 13.2 Å². The van der Waals surface area contributed by atoms with Crippen LogP contribution in [0.3, 0.4) is 0 Å². The second-order valence-corrected chi connectivity index (χ2v) is 5.93. The van der Waals surface area contributed by atoms with Gasteiger partial charge in [-0.1, -0.05) is 12.1 Å². The van der Waals surface area contributed by atoms with Crippen molar-refractivity contribution < 1.29 is 27.5 Å². The number of carbonyl (C=O) groups excluding carboxylic acids is 2. The summed E-state index contributed by atoms with van der Waals surface area (Å²) in [6.45, 7) is 2.83. The molecule has 0 saturated carbocycles. The highest BCUT2D eigenvalue weighted by Crippen LogP contribution is 2.29. The maximum atomic E-state index is 12.5. The lowest BCUT2D eigenvalue weighted by Gasteiger charge is -2.09. The van der Waals surface area contributed by atoms with Crippen molar-refractivity contribution in [2.75, 3.05) is 19.7 Å². The fourth-order valence-corrected chi connectivity index (χ4v) is 2.41. The first-order valence-corrected chi connectivity index (χ1v) is 8.73. The van der Waals surface area contributed by atoms with Crippen LogP contribution in [-0.2, 0) is 17.4 Å². The highest BCUT2D eigenvalue weighted by molar-refractivity contribution is 5.94. The largest absolute Gasteiger partial charge is 0.494 e. The Hall–Kier alpha value is -3.03. The summed E-state index contributed by atoms with van der Waals surface area (Å²) in [5, 5.41) is 5.22.